The first-order valence-electron chi connectivity index (χ1n) is 4.06. The third-order valence-electron chi connectivity index (χ3n) is 1.79. The molecule has 2 aromatic rings. The molecule has 0 spiro atoms. The van der Waals surface area contributed by atoms with Gasteiger partial charge in [-0.1, -0.05) is 6.07 Å². The SMILES string of the molecule is O=C(Cc1cccs1)c1occc1Br. The van der Waals surface area contributed by atoms with Crippen LogP contribution in [0.1, 0.15) is 15.4 Å². The molecule has 0 atom stereocenters. The van der Waals surface area contributed by atoms with Crippen molar-refractivity contribution in [1.29, 1.82) is 0 Å². The molecule has 0 saturated heterocycles. The van der Waals surface area contributed by atoms with Gasteiger partial charge in [0.15, 0.2) is 5.76 Å². The molecule has 4 heteroatoms. The van der Waals surface area contributed by atoms with E-state index < -0.39 is 0 Å². The molecular formula is C10H7BrO2S. The van der Waals surface area contributed by atoms with E-state index >= 15 is 0 Å². The third-order valence-corrected chi connectivity index (χ3v) is 3.29. The minimum atomic E-state index is 0.00400. The highest BCUT2D eigenvalue weighted by Gasteiger charge is 2.14. The lowest BCUT2D eigenvalue weighted by Crippen LogP contribution is -2.00. The van der Waals surface area contributed by atoms with Crippen LogP contribution in [0, 0.1) is 0 Å². The first-order chi connectivity index (χ1) is 6.77. The third kappa shape index (κ3) is 1.96. The maximum atomic E-state index is 11.7. The summed E-state index contributed by atoms with van der Waals surface area (Å²) in [6.07, 6.45) is 1.91. The monoisotopic (exact) mass is 270 g/mol. The Labute approximate surface area is 93.7 Å². The van der Waals surface area contributed by atoms with Crippen LogP contribution in [0.3, 0.4) is 0 Å². The number of ketones is 1. The second-order valence-corrected chi connectivity index (χ2v) is 4.66. The molecule has 0 aromatic carbocycles. The largest absolute Gasteiger partial charge is 0.460 e. The number of thiophene rings is 1. The molecule has 0 aliphatic heterocycles. The second-order valence-electron chi connectivity index (χ2n) is 2.78. The van der Waals surface area contributed by atoms with Crippen LogP contribution in [0.5, 0.6) is 0 Å². The van der Waals surface area contributed by atoms with Crippen molar-refractivity contribution in [3.63, 3.8) is 0 Å². The maximum absolute atomic E-state index is 11.7. The Morgan fingerprint density at radius 1 is 1.50 bits per heavy atom. The maximum Gasteiger partial charge on any atom is 0.204 e. The van der Waals surface area contributed by atoms with Gasteiger partial charge in [-0.05, 0) is 33.4 Å². The summed E-state index contributed by atoms with van der Waals surface area (Å²) in [6.45, 7) is 0. The Hall–Kier alpha value is -0.870. The van der Waals surface area contributed by atoms with Crippen molar-refractivity contribution in [3.05, 3.63) is 45.0 Å². The van der Waals surface area contributed by atoms with Gasteiger partial charge in [-0.3, -0.25) is 4.79 Å². The topological polar surface area (TPSA) is 30.2 Å². The van der Waals surface area contributed by atoms with Crippen LogP contribution in [0.15, 0.2) is 38.7 Å². The van der Waals surface area contributed by atoms with Gasteiger partial charge in [0.2, 0.25) is 5.78 Å². The van der Waals surface area contributed by atoms with Crippen LogP contribution in [0.2, 0.25) is 0 Å². The van der Waals surface area contributed by atoms with Gasteiger partial charge in [-0.25, -0.2) is 0 Å². The van der Waals surface area contributed by atoms with E-state index in [0.717, 1.165) is 9.35 Å². The summed E-state index contributed by atoms with van der Waals surface area (Å²) in [4.78, 5) is 12.7. The molecule has 0 amide bonds. The molecule has 0 fully saturated rings. The van der Waals surface area contributed by atoms with Gasteiger partial charge >= 0.3 is 0 Å². The number of halogens is 1. The normalized spacial score (nSPS) is 10.4. The highest BCUT2D eigenvalue weighted by molar-refractivity contribution is 9.10. The van der Waals surface area contributed by atoms with E-state index in [4.69, 9.17) is 4.42 Å². The number of hydrogen-bond donors (Lipinski definition) is 0. The van der Waals surface area contributed by atoms with Crippen LogP contribution < -0.4 is 0 Å². The fourth-order valence-corrected chi connectivity index (χ4v) is 2.27. The smallest absolute Gasteiger partial charge is 0.204 e. The summed E-state index contributed by atoms with van der Waals surface area (Å²) >= 11 is 4.84. The lowest BCUT2D eigenvalue weighted by Gasteiger charge is -1.94. The quantitative estimate of drug-likeness (QED) is 0.799. The van der Waals surface area contributed by atoms with Crippen molar-refractivity contribution in [2.24, 2.45) is 0 Å². The molecular weight excluding hydrogens is 264 g/mol. The number of carbonyl (C=O) groups excluding carboxylic acids is 1. The van der Waals surface area contributed by atoms with Crippen molar-refractivity contribution < 1.29 is 9.21 Å². The van der Waals surface area contributed by atoms with Crippen molar-refractivity contribution in [2.75, 3.05) is 0 Å². The summed E-state index contributed by atoms with van der Waals surface area (Å²) < 4.78 is 5.80. The predicted octanol–water partition coefficient (Wildman–Crippen LogP) is 3.53. The summed E-state index contributed by atoms with van der Waals surface area (Å²) in [5.74, 6) is 0.405. The van der Waals surface area contributed by atoms with E-state index in [2.05, 4.69) is 15.9 Å². The van der Waals surface area contributed by atoms with Gasteiger partial charge in [0.05, 0.1) is 10.7 Å². The molecule has 2 nitrogen and oxygen atoms in total. The Kier molecular flexibility index (Phi) is 2.84. The molecule has 2 aromatic heterocycles. The van der Waals surface area contributed by atoms with Crippen LogP contribution in [0.25, 0.3) is 0 Å². The number of furan rings is 1. The van der Waals surface area contributed by atoms with Gasteiger partial charge in [0, 0.05) is 11.3 Å². The highest BCUT2D eigenvalue weighted by atomic mass is 79.9. The molecule has 72 valence electrons. The Morgan fingerprint density at radius 2 is 2.36 bits per heavy atom. The number of rotatable bonds is 3. The predicted molar refractivity (Wildman–Crippen MR) is 58.8 cm³/mol. The molecule has 0 aliphatic rings. The fourth-order valence-electron chi connectivity index (χ4n) is 1.14. The zero-order valence-corrected chi connectivity index (χ0v) is 9.60. The lowest BCUT2D eigenvalue weighted by molar-refractivity contribution is 0.0966. The summed E-state index contributed by atoms with van der Waals surface area (Å²) in [7, 11) is 0. The minimum absolute atomic E-state index is 0.00400. The summed E-state index contributed by atoms with van der Waals surface area (Å²) in [6, 6.07) is 5.60. The molecule has 2 heterocycles. The van der Waals surface area contributed by atoms with Gasteiger partial charge in [0.25, 0.3) is 0 Å². The Morgan fingerprint density at radius 3 is 2.93 bits per heavy atom. The van der Waals surface area contributed by atoms with Gasteiger partial charge in [-0.15, -0.1) is 11.3 Å². The van der Waals surface area contributed by atoms with E-state index in [1.54, 1.807) is 17.4 Å². The standard InChI is InChI=1S/C10H7BrO2S/c11-8-3-4-13-10(8)9(12)6-7-2-1-5-14-7/h1-5H,6H2. The fraction of sp³-hybridized carbons (Fsp3) is 0.100. The molecule has 0 aliphatic carbocycles. The molecule has 0 radical (unpaired) electrons. The van der Waals surface area contributed by atoms with E-state index in [1.807, 2.05) is 17.5 Å². The number of carbonyl (C=O) groups is 1. The second kappa shape index (κ2) is 4.11. The minimum Gasteiger partial charge on any atom is -0.460 e. The van der Waals surface area contributed by atoms with Crippen molar-refractivity contribution in [2.45, 2.75) is 6.42 Å². The summed E-state index contributed by atoms with van der Waals surface area (Å²) in [5, 5.41) is 1.96. The van der Waals surface area contributed by atoms with E-state index in [9.17, 15) is 4.79 Å². The van der Waals surface area contributed by atoms with Gasteiger partial charge < -0.3 is 4.42 Å². The number of Topliss-reactive ketones (excluding diaryl/α,β-unsaturated/α-hetero) is 1. The van der Waals surface area contributed by atoms with Crippen LogP contribution >= 0.6 is 27.3 Å². The van der Waals surface area contributed by atoms with Gasteiger partial charge in [0.1, 0.15) is 0 Å². The average molecular weight is 271 g/mol. The Balaban J connectivity index is 2.14. The molecule has 2 rings (SSSR count). The Bertz CT molecular complexity index is 431. The van der Waals surface area contributed by atoms with Crippen molar-refractivity contribution in [3.8, 4) is 0 Å². The van der Waals surface area contributed by atoms with Crippen LogP contribution in [-0.4, -0.2) is 5.78 Å². The first kappa shape index (κ1) is 9.68. The van der Waals surface area contributed by atoms with Crippen molar-refractivity contribution in [1.82, 2.24) is 0 Å². The number of hydrogen-bond acceptors (Lipinski definition) is 3. The first-order valence-corrected chi connectivity index (χ1v) is 5.73. The van der Waals surface area contributed by atoms with Crippen LogP contribution in [0.4, 0.5) is 0 Å². The zero-order chi connectivity index (χ0) is 9.97. The molecule has 0 bridgehead atoms. The average Bonchev–Trinajstić information content (AvgIpc) is 2.75. The van der Waals surface area contributed by atoms with Gasteiger partial charge in [-0.2, -0.15) is 0 Å². The molecule has 0 unspecified atom stereocenters. The van der Waals surface area contributed by atoms with Crippen LogP contribution in [-0.2, 0) is 6.42 Å². The molecule has 0 N–H and O–H groups in total. The van der Waals surface area contributed by atoms with E-state index in [-0.39, 0.29) is 5.78 Å². The van der Waals surface area contributed by atoms with E-state index in [1.165, 1.54) is 6.26 Å². The highest BCUT2D eigenvalue weighted by Crippen LogP contribution is 2.20. The van der Waals surface area contributed by atoms with E-state index in [0.29, 0.717) is 12.2 Å². The molecule has 0 saturated carbocycles. The zero-order valence-electron chi connectivity index (χ0n) is 7.20. The summed E-state index contributed by atoms with van der Waals surface area (Å²) in [5.41, 5.74) is 0. The lowest BCUT2D eigenvalue weighted by atomic mass is 10.2. The molecule has 14 heavy (non-hydrogen) atoms. The van der Waals surface area contributed by atoms with Crippen molar-refractivity contribution >= 4 is 33.0 Å².